The zero-order valence-corrected chi connectivity index (χ0v) is 49.1. The van der Waals surface area contributed by atoms with Crippen LogP contribution < -0.4 is 0 Å². The third-order valence-electron chi connectivity index (χ3n) is 14.2. The van der Waals surface area contributed by atoms with Gasteiger partial charge in [-0.3, -0.25) is 9.59 Å². The number of ether oxygens (including phenoxy) is 2. The molecule has 0 rings (SSSR count). The SMILES string of the molecule is CC/C=C\C/C=C\C/C=C\C/C=C\C/C=C\C/C=C\C/C=C\CCCCCCCCCCCCCCCC(=O)OC(CO)COC(=O)CCCCCCCCCCCCCCCCCCCCCCCCCCC. The molecule has 0 aliphatic carbocycles. The quantitative estimate of drug-likeness (QED) is 0.0373. The highest BCUT2D eigenvalue weighted by molar-refractivity contribution is 5.70. The lowest BCUT2D eigenvalue weighted by Gasteiger charge is -2.15. The molecule has 0 saturated carbocycles. The van der Waals surface area contributed by atoms with Crippen LogP contribution >= 0.6 is 0 Å². The first-order valence-electron chi connectivity index (χ1n) is 32.1. The van der Waals surface area contributed by atoms with E-state index in [2.05, 4.69) is 98.9 Å². The molecule has 1 N–H and O–H groups in total. The third-order valence-corrected chi connectivity index (χ3v) is 14.2. The Morgan fingerprint density at radius 2 is 0.581 bits per heavy atom. The highest BCUT2D eigenvalue weighted by atomic mass is 16.6. The lowest BCUT2D eigenvalue weighted by Crippen LogP contribution is -2.28. The van der Waals surface area contributed by atoms with E-state index in [-0.39, 0.29) is 25.2 Å². The van der Waals surface area contributed by atoms with Crippen LogP contribution in [0, 0.1) is 0 Å². The minimum Gasteiger partial charge on any atom is -0.462 e. The molecule has 0 fully saturated rings. The van der Waals surface area contributed by atoms with Gasteiger partial charge >= 0.3 is 11.9 Å². The summed E-state index contributed by atoms with van der Waals surface area (Å²) in [5.74, 6) is -0.578. The Labute approximate surface area is 460 Å². The van der Waals surface area contributed by atoms with Gasteiger partial charge in [-0.05, 0) is 70.6 Å². The Balaban J connectivity index is 3.47. The second-order valence-electron chi connectivity index (χ2n) is 21.5. The Bertz CT molecular complexity index is 1350. The van der Waals surface area contributed by atoms with Crippen molar-refractivity contribution in [3.05, 3.63) is 85.1 Å². The number of hydrogen-bond acceptors (Lipinski definition) is 5. The molecule has 0 aromatic heterocycles. The molecule has 5 heteroatoms. The molecule has 0 aliphatic heterocycles. The maximum Gasteiger partial charge on any atom is 0.306 e. The first kappa shape index (κ1) is 71.1. The zero-order chi connectivity index (χ0) is 53.4. The molecule has 0 aromatic rings. The fourth-order valence-electron chi connectivity index (χ4n) is 9.42. The topological polar surface area (TPSA) is 72.8 Å². The standard InChI is InChI=1S/C69H122O5/c1-3-5-7-9-11-13-15-17-19-21-23-25-27-29-30-31-32-33-34-35-36-37-38-40-42-44-46-48-50-52-54-56-58-60-62-64-69(72)74-67(65-70)66-73-68(71)63-61-59-57-55-53-51-49-47-45-43-41-39-28-26-24-22-20-18-16-14-12-10-8-6-4-2/h5,7,11,13,17,19,23,25,29-30,32-33,35-36,67,70H,3-4,6,8-10,12,14-16,18,20-22,24,26-28,31,34,37-66H2,1-2H3/b7-5-,13-11-,19-17-,25-23-,30-29-,33-32-,36-35-. The third kappa shape index (κ3) is 61.6. The zero-order valence-electron chi connectivity index (χ0n) is 49.1. The van der Waals surface area contributed by atoms with E-state index in [0.717, 1.165) is 83.5 Å². The van der Waals surface area contributed by atoms with Crippen molar-refractivity contribution in [2.24, 2.45) is 0 Å². The summed E-state index contributed by atoms with van der Waals surface area (Å²) in [7, 11) is 0. The van der Waals surface area contributed by atoms with Crippen molar-refractivity contribution in [1.29, 1.82) is 0 Å². The monoisotopic (exact) mass is 1030 g/mol. The summed E-state index contributed by atoms with van der Waals surface area (Å²) in [6.07, 6.45) is 90.1. The van der Waals surface area contributed by atoms with Gasteiger partial charge < -0.3 is 14.6 Å². The summed E-state index contributed by atoms with van der Waals surface area (Å²) < 4.78 is 10.7. The van der Waals surface area contributed by atoms with E-state index < -0.39 is 6.10 Å². The summed E-state index contributed by atoms with van der Waals surface area (Å²) in [5.41, 5.74) is 0. The van der Waals surface area contributed by atoms with Gasteiger partial charge in [-0.2, -0.15) is 0 Å². The minimum absolute atomic E-state index is 0.0645. The Morgan fingerprint density at radius 3 is 0.878 bits per heavy atom. The van der Waals surface area contributed by atoms with Crippen LogP contribution in [-0.4, -0.2) is 36.4 Å². The molecule has 0 amide bonds. The van der Waals surface area contributed by atoms with Crippen LogP contribution in [0.4, 0.5) is 0 Å². The molecular weight excluding hydrogens is 909 g/mol. The average Bonchev–Trinajstić information content (AvgIpc) is 3.40. The first-order valence-corrected chi connectivity index (χ1v) is 32.1. The number of aliphatic hydroxyl groups is 1. The van der Waals surface area contributed by atoms with E-state index >= 15 is 0 Å². The van der Waals surface area contributed by atoms with Gasteiger partial charge in [0, 0.05) is 12.8 Å². The van der Waals surface area contributed by atoms with Gasteiger partial charge in [-0.25, -0.2) is 0 Å². The number of hydrogen-bond donors (Lipinski definition) is 1. The molecular formula is C69H122O5. The molecule has 0 bridgehead atoms. The Kier molecular flexibility index (Phi) is 61.8. The lowest BCUT2D eigenvalue weighted by molar-refractivity contribution is -0.161. The van der Waals surface area contributed by atoms with Crippen molar-refractivity contribution in [3.63, 3.8) is 0 Å². The van der Waals surface area contributed by atoms with Crippen LogP contribution in [0.2, 0.25) is 0 Å². The predicted octanol–water partition coefficient (Wildman–Crippen LogP) is 22.1. The van der Waals surface area contributed by atoms with Crippen molar-refractivity contribution >= 4 is 11.9 Å². The van der Waals surface area contributed by atoms with Gasteiger partial charge in [0.05, 0.1) is 6.61 Å². The van der Waals surface area contributed by atoms with Crippen LogP contribution in [0.3, 0.4) is 0 Å². The van der Waals surface area contributed by atoms with Gasteiger partial charge in [0.25, 0.3) is 0 Å². The smallest absolute Gasteiger partial charge is 0.306 e. The molecule has 0 spiro atoms. The van der Waals surface area contributed by atoms with E-state index in [4.69, 9.17) is 9.47 Å². The van der Waals surface area contributed by atoms with Gasteiger partial charge in [-0.1, -0.05) is 324 Å². The molecule has 0 heterocycles. The number of carbonyl (C=O) groups excluding carboxylic acids is 2. The van der Waals surface area contributed by atoms with Gasteiger partial charge in [0.1, 0.15) is 6.61 Å². The van der Waals surface area contributed by atoms with Gasteiger partial charge in [-0.15, -0.1) is 0 Å². The number of rotatable bonds is 59. The number of esters is 2. The normalized spacial score (nSPS) is 12.7. The van der Waals surface area contributed by atoms with Crippen molar-refractivity contribution in [2.75, 3.05) is 13.2 Å². The van der Waals surface area contributed by atoms with Crippen molar-refractivity contribution in [2.45, 2.75) is 328 Å². The fourth-order valence-corrected chi connectivity index (χ4v) is 9.42. The van der Waals surface area contributed by atoms with Gasteiger partial charge in [0.2, 0.25) is 0 Å². The number of carbonyl (C=O) groups is 2. The predicted molar refractivity (Wildman–Crippen MR) is 325 cm³/mol. The summed E-state index contributed by atoms with van der Waals surface area (Å²) in [4.78, 5) is 24.6. The second kappa shape index (κ2) is 64.4. The van der Waals surface area contributed by atoms with Crippen LogP contribution in [0.15, 0.2) is 85.1 Å². The molecule has 428 valence electrons. The number of aliphatic hydroxyl groups excluding tert-OH is 1. The number of unbranched alkanes of at least 4 members (excludes halogenated alkanes) is 37. The maximum absolute atomic E-state index is 12.3. The van der Waals surface area contributed by atoms with Crippen LogP contribution in [0.5, 0.6) is 0 Å². The maximum atomic E-state index is 12.3. The minimum atomic E-state index is -0.775. The molecule has 0 radical (unpaired) electrons. The average molecular weight is 1030 g/mol. The van der Waals surface area contributed by atoms with E-state index in [0.29, 0.717) is 12.8 Å². The van der Waals surface area contributed by atoms with Crippen LogP contribution in [0.1, 0.15) is 322 Å². The first-order chi connectivity index (χ1) is 36.6. The second-order valence-corrected chi connectivity index (χ2v) is 21.5. The largest absolute Gasteiger partial charge is 0.462 e. The van der Waals surface area contributed by atoms with E-state index in [1.54, 1.807) is 0 Å². The van der Waals surface area contributed by atoms with Crippen molar-refractivity contribution in [3.8, 4) is 0 Å². The molecule has 74 heavy (non-hydrogen) atoms. The molecule has 0 aromatic carbocycles. The van der Waals surface area contributed by atoms with Gasteiger partial charge in [0.15, 0.2) is 6.10 Å². The van der Waals surface area contributed by atoms with E-state index in [1.165, 1.54) is 212 Å². The van der Waals surface area contributed by atoms with Crippen molar-refractivity contribution < 1.29 is 24.2 Å². The summed E-state index contributed by atoms with van der Waals surface area (Å²) >= 11 is 0. The van der Waals surface area contributed by atoms with E-state index in [9.17, 15) is 14.7 Å². The molecule has 5 nitrogen and oxygen atoms in total. The Hall–Kier alpha value is -2.92. The van der Waals surface area contributed by atoms with Crippen LogP contribution in [-0.2, 0) is 19.1 Å². The summed E-state index contributed by atoms with van der Waals surface area (Å²) in [6, 6.07) is 0. The fraction of sp³-hybridized carbons (Fsp3) is 0.768. The van der Waals surface area contributed by atoms with E-state index in [1.807, 2.05) is 0 Å². The highest BCUT2D eigenvalue weighted by Crippen LogP contribution is 2.18. The highest BCUT2D eigenvalue weighted by Gasteiger charge is 2.16. The number of allylic oxidation sites excluding steroid dienone is 14. The van der Waals surface area contributed by atoms with Crippen molar-refractivity contribution in [1.82, 2.24) is 0 Å². The summed E-state index contributed by atoms with van der Waals surface area (Å²) in [5, 5.41) is 9.68. The lowest BCUT2D eigenvalue weighted by atomic mass is 10.0. The summed E-state index contributed by atoms with van der Waals surface area (Å²) in [6.45, 7) is 4.07. The molecule has 0 saturated heterocycles. The molecule has 1 unspecified atom stereocenters. The molecule has 0 aliphatic rings. The Morgan fingerprint density at radius 1 is 0.324 bits per heavy atom. The molecule has 1 atom stereocenters. The van der Waals surface area contributed by atoms with Crippen LogP contribution in [0.25, 0.3) is 0 Å².